The van der Waals surface area contributed by atoms with Crippen molar-refractivity contribution in [1.29, 1.82) is 0 Å². The first-order chi connectivity index (χ1) is 14.3. The average Bonchev–Trinajstić information content (AvgIpc) is 3.22. The maximum atomic E-state index is 13.8. The summed E-state index contributed by atoms with van der Waals surface area (Å²) in [5.41, 5.74) is 2.27. The van der Waals surface area contributed by atoms with Gasteiger partial charge < -0.3 is 19.0 Å². The molecule has 3 aromatic rings. The molecule has 0 spiro atoms. The van der Waals surface area contributed by atoms with Gasteiger partial charge in [0.15, 0.2) is 6.61 Å². The van der Waals surface area contributed by atoms with E-state index in [0.717, 1.165) is 11.3 Å². The van der Waals surface area contributed by atoms with Gasteiger partial charge in [-0.15, -0.1) is 0 Å². The summed E-state index contributed by atoms with van der Waals surface area (Å²) in [6.45, 7) is -0.0247. The molecule has 0 aliphatic heterocycles. The summed E-state index contributed by atoms with van der Waals surface area (Å²) in [7, 11) is 5.55. The Hall–Kier alpha value is -3.61. The maximum absolute atomic E-state index is 13.8. The van der Waals surface area contributed by atoms with Gasteiger partial charge in [0.05, 0.1) is 5.56 Å². The zero-order valence-corrected chi connectivity index (χ0v) is 17.1. The quantitative estimate of drug-likeness (QED) is 0.552. The van der Waals surface area contributed by atoms with E-state index in [2.05, 4.69) is 0 Å². The van der Waals surface area contributed by atoms with E-state index in [-0.39, 0.29) is 23.0 Å². The van der Waals surface area contributed by atoms with E-state index >= 15 is 0 Å². The number of likely N-dealkylation sites (N-methyl/N-ethyl adjacent to an activating group) is 1. The number of furan rings is 1. The highest BCUT2D eigenvalue weighted by Crippen LogP contribution is 2.25. The molecular formula is C23H23FN2O4. The minimum atomic E-state index is -0.783. The number of hydrogen-bond acceptors (Lipinski definition) is 5. The number of hydrogen-bond donors (Lipinski definition) is 0. The maximum Gasteiger partial charge on any atom is 0.374 e. The smallest absolute Gasteiger partial charge is 0.374 e. The zero-order valence-electron chi connectivity index (χ0n) is 17.1. The predicted molar refractivity (Wildman–Crippen MR) is 112 cm³/mol. The number of esters is 1. The number of carbonyl (C=O) groups is 2. The second-order valence-electron chi connectivity index (χ2n) is 7.03. The van der Waals surface area contributed by atoms with Gasteiger partial charge in [0.1, 0.15) is 11.6 Å². The topological polar surface area (TPSA) is 63.0 Å². The van der Waals surface area contributed by atoms with Crippen LogP contribution in [-0.2, 0) is 16.1 Å². The zero-order chi connectivity index (χ0) is 21.7. The molecule has 0 saturated carbocycles. The van der Waals surface area contributed by atoms with Gasteiger partial charge in [0.2, 0.25) is 5.76 Å². The number of carbonyl (C=O) groups excluding carboxylic acids is 2. The third kappa shape index (κ3) is 5.05. The van der Waals surface area contributed by atoms with Gasteiger partial charge >= 0.3 is 5.97 Å². The van der Waals surface area contributed by atoms with Crippen LogP contribution in [0.2, 0.25) is 0 Å². The Morgan fingerprint density at radius 2 is 1.67 bits per heavy atom. The highest BCUT2D eigenvalue weighted by molar-refractivity contribution is 5.89. The standard InChI is InChI=1S/C23H23FN2O4/c1-25(2)17-10-8-16(9-11-17)14-26(3)22(27)15-29-23(28)21-13-12-20(30-21)18-6-4-5-7-19(18)24/h4-13H,14-15H2,1-3H3. The molecular weight excluding hydrogens is 387 g/mol. The van der Waals surface area contributed by atoms with Gasteiger partial charge in [-0.3, -0.25) is 4.79 Å². The lowest BCUT2D eigenvalue weighted by molar-refractivity contribution is -0.133. The van der Waals surface area contributed by atoms with Crippen LogP contribution in [0.4, 0.5) is 10.1 Å². The number of halogens is 1. The molecule has 0 aliphatic rings. The van der Waals surface area contributed by atoms with Crippen molar-refractivity contribution in [3.05, 3.63) is 77.8 Å². The van der Waals surface area contributed by atoms with E-state index in [9.17, 15) is 14.0 Å². The molecule has 0 radical (unpaired) electrons. The van der Waals surface area contributed by atoms with Crippen LogP contribution in [0, 0.1) is 5.82 Å². The van der Waals surface area contributed by atoms with Crippen LogP contribution in [0.25, 0.3) is 11.3 Å². The molecule has 156 valence electrons. The van der Waals surface area contributed by atoms with Gasteiger partial charge in [0, 0.05) is 33.4 Å². The molecule has 1 aromatic heterocycles. The lowest BCUT2D eigenvalue weighted by Gasteiger charge is -2.18. The summed E-state index contributed by atoms with van der Waals surface area (Å²) in [6.07, 6.45) is 0. The largest absolute Gasteiger partial charge is 0.450 e. The summed E-state index contributed by atoms with van der Waals surface area (Å²) in [6, 6.07) is 16.8. The fourth-order valence-electron chi connectivity index (χ4n) is 2.82. The van der Waals surface area contributed by atoms with Crippen molar-refractivity contribution >= 4 is 17.6 Å². The summed E-state index contributed by atoms with van der Waals surface area (Å²) < 4.78 is 24.3. The fourth-order valence-corrected chi connectivity index (χ4v) is 2.82. The van der Waals surface area contributed by atoms with Gasteiger partial charge in [-0.05, 0) is 42.0 Å². The first kappa shape index (κ1) is 21.1. The van der Waals surface area contributed by atoms with Gasteiger partial charge in [-0.25, -0.2) is 9.18 Å². The summed E-state index contributed by atoms with van der Waals surface area (Å²) in [4.78, 5) is 27.9. The minimum Gasteiger partial charge on any atom is -0.450 e. The number of rotatable bonds is 7. The van der Waals surface area contributed by atoms with Crippen molar-refractivity contribution < 1.29 is 23.1 Å². The Kier molecular flexibility index (Phi) is 6.51. The van der Waals surface area contributed by atoms with Crippen LogP contribution in [0.1, 0.15) is 16.1 Å². The van der Waals surface area contributed by atoms with Crippen LogP contribution < -0.4 is 4.90 Å². The lowest BCUT2D eigenvalue weighted by atomic mass is 10.1. The van der Waals surface area contributed by atoms with E-state index < -0.39 is 18.4 Å². The molecule has 7 heteroatoms. The molecule has 0 atom stereocenters. The van der Waals surface area contributed by atoms with Crippen molar-refractivity contribution in [2.75, 3.05) is 32.6 Å². The SMILES string of the molecule is CN(Cc1ccc(N(C)C)cc1)C(=O)COC(=O)c1ccc(-c2ccccc2F)o1. The molecule has 0 fully saturated rings. The van der Waals surface area contributed by atoms with Crippen LogP contribution in [0.3, 0.4) is 0 Å². The number of ether oxygens (including phenoxy) is 1. The molecule has 6 nitrogen and oxygen atoms in total. The molecule has 2 aromatic carbocycles. The van der Waals surface area contributed by atoms with E-state index in [1.807, 2.05) is 43.3 Å². The van der Waals surface area contributed by atoms with Gasteiger partial charge in [-0.2, -0.15) is 0 Å². The fraction of sp³-hybridized carbons (Fsp3) is 0.217. The normalized spacial score (nSPS) is 10.5. The Bertz CT molecular complexity index is 1030. The average molecular weight is 410 g/mol. The van der Waals surface area contributed by atoms with Crippen LogP contribution in [-0.4, -0.2) is 44.5 Å². The Morgan fingerprint density at radius 1 is 0.967 bits per heavy atom. The molecule has 1 heterocycles. The second kappa shape index (κ2) is 9.26. The molecule has 0 aliphatic carbocycles. The molecule has 0 unspecified atom stereocenters. The third-order valence-corrected chi connectivity index (χ3v) is 4.57. The van der Waals surface area contributed by atoms with Crippen LogP contribution in [0.5, 0.6) is 0 Å². The summed E-state index contributed by atoms with van der Waals surface area (Å²) in [5, 5.41) is 0. The first-order valence-corrected chi connectivity index (χ1v) is 9.37. The van der Waals surface area contributed by atoms with Crippen molar-refractivity contribution in [1.82, 2.24) is 4.90 Å². The van der Waals surface area contributed by atoms with Crippen molar-refractivity contribution in [2.45, 2.75) is 6.54 Å². The van der Waals surface area contributed by atoms with Crippen LogP contribution >= 0.6 is 0 Å². The molecule has 30 heavy (non-hydrogen) atoms. The lowest BCUT2D eigenvalue weighted by Crippen LogP contribution is -2.30. The second-order valence-corrected chi connectivity index (χ2v) is 7.03. The number of benzene rings is 2. The monoisotopic (exact) mass is 410 g/mol. The third-order valence-electron chi connectivity index (χ3n) is 4.57. The van der Waals surface area contributed by atoms with E-state index in [1.165, 1.54) is 23.1 Å². The van der Waals surface area contributed by atoms with Crippen molar-refractivity contribution in [3.8, 4) is 11.3 Å². The minimum absolute atomic E-state index is 0.0945. The van der Waals surface area contributed by atoms with Gasteiger partial charge in [-0.1, -0.05) is 24.3 Å². The van der Waals surface area contributed by atoms with E-state index in [0.29, 0.717) is 6.54 Å². The van der Waals surface area contributed by atoms with Crippen molar-refractivity contribution in [3.63, 3.8) is 0 Å². The molecule has 0 N–H and O–H groups in total. The van der Waals surface area contributed by atoms with E-state index in [1.54, 1.807) is 25.2 Å². The molecule has 0 saturated heterocycles. The van der Waals surface area contributed by atoms with Gasteiger partial charge in [0.25, 0.3) is 5.91 Å². The Balaban J connectivity index is 1.54. The summed E-state index contributed by atoms with van der Waals surface area (Å²) in [5.74, 6) is -1.47. The van der Waals surface area contributed by atoms with Crippen LogP contribution in [0.15, 0.2) is 65.1 Å². The van der Waals surface area contributed by atoms with E-state index in [4.69, 9.17) is 9.15 Å². The molecule has 0 bridgehead atoms. The number of amides is 1. The summed E-state index contributed by atoms with van der Waals surface area (Å²) >= 11 is 0. The molecule has 1 amide bonds. The predicted octanol–water partition coefficient (Wildman–Crippen LogP) is 3.97. The number of nitrogens with zero attached hydrogens (tertiary/aromatic N) is 2. The van der Waals surface area contributed by atoms with Crippen molar-refractivity contribution in [2.24, 2.45) is 0 Å². The Morgan fingerprint density at radius 3 is 2.33 bits per heavy atom. The Labute approximate surface area is 174 Å². The number of anilines is 1. The first-order valence-electron chi connectivity index (χ1n) is 9.37. The highest BCUT2D eigenvalue weighted by atomic mass is 19.1. The molecule has 3 rings (SSSR count). The highest BCUT2D eigenvalue weighted by Gasteiger charge is 2.18.